The van der Waals surface area contributed by atoms with E-state index in [1.165, 1.54) is 12.1 Å². The van der Waals surface area contributed by atoms with E-state index in [9.17, 15) is 12.8 Å². The van der Waals surface area contributed by atoms with Crippen molar-refractivity contribution in [3.05, 3.63) is 29.6 Å². The first-order valence-electron chi connectivity index (χ1n) is 6.61. The highest BCUT2D eigenvalue weighted by molar-refractivity contribution is 7.89. The molecule has 0 unspecified atom stereocenters. The molecule has 5 nitrogen and oxygen atoms in total. The average molecular weight is 312 g/mol. The van der Waals surface area contributed by atoms with E-state index >= 15 is 0 Å². The van der Waals surface area contributed by atoms with E-state index in [2.05, 4.69) is 4.72 Å². The first kappa shape index (κ1) is 15.9. The Morgan fingerprint density at radius 3 is 2.76 bits per heavy atom. The van der Waals surface area contributed by atoms with Crippen LogP contribution in [-0.4, -0.2) is 28.7 Å². The molecule has 0 radical (unpaired) electrons. The lowest BCUT2D eigenvalue weighted by atomic mass is 10.0. The summed E-state index contributed by atoms with van der Waals surface area (Å²) < 4.78 is 45.5. The first-order chi connectivity index (χ1) is 9.94. The van der Waals surface area contributed by atoms with Crippen LogP contribution in [0.25, 0.3) is 0 Å². The molecular weight excluding hydrogens is 295 g/mol. The second-order valence-electron chi connectivity index (χ2n) is 5.29. The van der Waals surface area contributed by atoms with Gasteiger partial charge in [0.05, 0.1) is 0 Å². The number of sulfonamides is 1. The van der Waals surface area contributed by atoms with Crippen LogP contribution in [0.3, 0.4) is 0 Å². The van der Waals surface area contributed by atoms with Gasteiger partial charge in [0.15, 0.2) is 0 Å². The normalized spacial score (nSPS) is 16.4. The van der Waals surface area contributed by atoms with Gasteiger partial charge < -0.3 is 4.74 Å². The minimum Gasteiger partial charge on any atom is -0.385 e. The van der Waals surface area contributed by atoms with Crippen LogP contribution in [0.5, 0.6) is 0 Å². The monoisotopic (exact) mass is 312 g/mol. The van der Waals surface area contributed by atoms with Crippen molar-refractivity contribution in [2.75, 3.05) is 20.3 Å². The van der Waals surface area contributed by atoms with E-state index < -0.39 is 21.4 Å². The number of ether oxygens (including phenoxy) is 1. The molecule has 1 saturated carbocycles. The topological polar surface area (TPSA) is 79.2 Å². The Hall–Kier alpha value is -1.49. The lowest BCUT2D eigenvalue weighted by Crippen LogP contribution is -2.31. The zero-order valence-corrected chi connectivity index (χ0v) is 12.5. The van der Waals surface area contributed by atoms with Crippen molar-refractivity contribution in [2.45, 2.75) is 24.2 Å². The number of methoxy groups -OCH3 is 1. The van der Waals surface area contributed by atoms with Gasteiger partial charge in [0.1, 0.15) is 22.3 Å². The van der Waals surface area contributed by atoms with Crippen LogP contribution >= 0.6 is 0 Å². The van der Waals surface area contributed by atoms with Crippen molar-refractivity contribution >= 4 is 10.0 Å². The average Bonchev–Trinajstić information content (AvgIpc) is 3.23. The molecule has 2 rings (SSSR count). The van der Waals surface area contributed by atoms with E-state index in [0.29, 0.717) is 6.61 Å². The quantitative estimate of drug-likeness (QED) is 0.832. The van der Waals surface area contributed by atoms with Crippen LogP contribution in [0.2, 0.25) is 0 Å². The Labute approximate surface area is 123 Å². The largest absolute Gasteiger partial charge is 0.385 e. The van der Waals surface area contributed by atoms with Gasteiger partial charge in [0.2, 0.25) is 10.0 Å². The lowest BCUT2D eigenvalue weighted by Gasteiger charge is -2.16. The molecule has 1 aliphatic carbocycles. The van der Waals surface area contributed by atoms with Crippen LogP contribution in [0, 0.1) is 22.6 Å². The van der Waals surface area contributed by atoms with Crippen LogP contribution in [0.4, 0.5) is 4.39 Å². The first-order valence-corrected chi connectivity index (χ1v) is 8.10. The number of nitrogens with one attached hydrogen (secondary N) is 1. The van der Waals surface area contributed by atoms with Gasteiger partial charge >= 0.3 is 0 Å². The summed E-state index contributed by atoms with van der Waals surface area (Å²) in [7, 11) is -2.29. The molecule has 1 aromatic carbocycles. The summed E-state index contributed by atoms with van der Waals surface area (Å²) in [5, 5.41) is 8.92. The molecule has 0 aliphatic heterocycles. The molecular formula is C14H17FN2O3S. The lowest BCUT2D eigenvalue weighted by molar-refractivity contribution is 0.173. The van der Waals surface area contributed by atoms with Crippen LogP contribution in [0.15, 0.2) is 23.1 Å². The number of rotatable bonds is 7. The minimum absolute atomic E-state index is 0.0663. The predicted molar refractivity (Wildman–Crippen MR) is 74.5 cm³/mol. The third-order valence-electron chi connectivity index (χ3n) is 3.81. The van der Waals surface area contributed by atoms with Crippen molar-refractivity contribution in [3.8, 4) is 6.07 Å². The minimum atomic E-state index is -3.90. The van der Waals surface area contributed by atoms with E-state index in [4.69, 9.17) is 10.00 Å². The maximum absolute atomic E-state index is 13.5. The van der Waals surface area contributed by atoms with Crippen LogP contribution in [-0.2, 0) is 14.8 Å². The van der Waals surface area contributed by atoms with Gasteiger partial charge in [-0.25, -0.2) is 17.5 Å². The summed E-state index contributed by atoms with van der Waals surface area (Å²) in [6.07, 6.45) is 2.65. The fraction of sp³-hybridized carbons (Fsp3) is 0.500. The molecule has 0 atom stereocenters. The molecule has 21 heavy (non-hydrogen) atoms. The Balaban J connectivity index is 2.13. The van der Waals surface area contributed by atoms with Crippen molar-refractivity contribution in [1.29, 1.82) is 5.26 Å². The van der Waals surface area contributed by atoms with Gasteiger partial charge in [-0.1, -0.05) is 6.07 Å². The van der Waals surface area contributed by atoms with Crippen molar-refractivity contribution < 1.29 is 17.5 Å². The van der Waals surface area contributed by atoms with Gasteiger partial charge in [0, 0.05) is 20.3 Å². The second kappa shape index (κ2) is 6.10. The summed E-state index contributed by atoms with van der Waals surface area (Å²) in [6, 6.07) is 5.19. The second-order valence-corrected chi connectivity index (χ2v) is 7.03. The zero-order chi connectivity index (χ0) is 15.5. The van der Waals surface area contributed by atoms with Gasteiger partial charge in [-0.2, -0.15) is 5.26 Å². The Bertz CT molecular complexity index is 663. The Kier molecular flexibility index (Phi) is 4.61. The van der Waals surface area contributed by atoms with Crippen molar-refractivity contribution in [3.63, 3.8) is 0 Å². The number of nitrogens with zero attached hydrogens (tertiary/aromatic N) is 1. The van der Waals surface area contributed by atoms with Gasteiger partial charge in [0.25, 0.3) is 0 Å². The molecule has 0 spiro atoms. The Morgan fingerprint density at radius 1 is 1.48 bits per heavy atom. The smallest absolute Gasteiger partial charge is 0.242 e. The number of hydrogen-bond acceptors (Lipinski definition) is 4. The molecule has 1 fully saturated rings. The predicted octanol–water partition coefficient (Wildman–Crippen LogP) is 1.79. The summed E-state index contributed by atoms with van der Waals surface area (Å²) in [4.78, 5) is -0.312. The van der Waals surface area contributed by atoms with Gasteiger partial charge in [-0.05, 0) is 36.8 Å². The molecule has 0 amide bonds. The number of halogens is 1. The molecule has 0 heterocycles. The molecule has 7 heteroatoms. The Morgan fingerprint density at radius 2 is 2.19 bits per heavy atom. The highest BCUT2D eigenvalue weighted by Crippen LogP contribution is 2.48. The van der Waals surface area contributed by atoms with E-state index in [1.54, 1.807) is 13.2 Å². The molecule has 0 bridgehead atoms. The maximum atomic E-state index is 13.5. The van der Waals surface area contributed by atoms with Gasteiger partial charge in [-0.3, -0.25) is 0 Å². The molecule has 0 aromatic heterocycles. The third kappa shape index (κ3) is 3.59. The third-order valence-corrected chi connectivity index (χ3v) is 5.25. The molecule has 0 saturated heterocycles. The van der Waals surface area contributed by atoms with E-state index in [1.807, 2.05) is 0 Å². The summed E-state index contributed by atoms with van der Waals surface area (Å²) in [5.74, 6) is -0.833. The van der Waals surface area contributed by atoms with E-state index in [-0.39, 0.29) is 16.9 Å². The molecule has 1 aliphatic rings. The molecule has 1 N–H and O–H groups in total. The van der Waals surface area contributed by atoms with Crippen molar-refractivity contribution in [2.24, 2.45) is 5.41 Å². The standard InChI is InChI=1S/C14H17FN2O3S/c1-20-8-7-14(5-6-14)10-17-21(18,19)13-4-2-3-12(15)11(13)9-16/h2-4,17H,5-8,10H2,1H3. The number of hydrogen-bond donors (Lipinski definition) is 1. The SMILES string of the molecule is COCCC1(CNS(=O)(=O)c2cccc(F)c2C#N)CC1. The van der Waals surface area contributed by atoms with Crippen LogP contribution in [0.1, 0.15) is 24.8 Å². The summed E-state index contributed by atoms with van der Waals surface area (Å²) in [6.45, 7) is 0.852. The maximum Gasteiger partial charge on any atom is 0.242 e. The fourth-order valence-electron chi connectivity index (χ4n) is 2.17. The summed E-state index contributed by atoms with van der Waals surface area (Å²) >= 11 is 0. The highest BCUT2D eigenvalue weighted by Gasteiger charge is 2.42. The highest BCUT2D eigenvalue weighted by atomic mass is 32.2. The van der Waals surface area contributed by atoms with Crippen molar-refractivity contribution in [1.82, 2.24) is 4.72 Å². The summed E-state index contributed by atoms with van der Waals surface area (Å²) in [5.41, 5.74) is -0.518. The molecule has 114 valence electrons. The van der Waals surface area contributed by atoms with E-state index in [0.717, 1.165) is 25.3 Å². The number of nitriles is 1. The molecule has 1 aromatic rings. The zero-order valence-electron chi connectivity index (χ0n) is 11.7. The van der Waals surface area contributed by atoms with Crippen LogP contribution < -0.4 is 4.72 Å². The fourth-order valence-corrected chi connectivity index (χ4v) is 3.49. The number of benzene rings is 1. The van der Waals surface area contributed by atoms with Gasteiger partial charge in [-0.15, -0.1) is 0 Å².